The van der Waals surface area contributed by atoms with Gasteiger partial charge in [0.2, 0.25) is 0 Å². The summed E-state index contributed by atoms with van der Waals surface area (Å²) in [6, 6.07) is 7.65. The van der Waals surface area contributed by atoms with Crippen LogP contribution < -0.4 is 15.8 Å². The predicted octanol–water partition coefficient (Wildman–Crippen LogP) is 2.20. The number of amides is 1. The number of ether oxygens (including phenoxy) is 1. The van der Waals surface area contributed by atoms with Crippen molar-refractivity contribution in [3.63, 3.8) is 0 Å². The van der Waals surface area contributed by atoms with Gasteiger partial charge in [0.1, 0.15) is 12.4 Å². The van der Waals surface area contributed by atoms with Gasteiger partial charge in [-0.1, -0.05) is 19.1 Å². The second kappa shape index (κ2) is 8.81. The van der Waals surface area contributed by atoms with Crippen LogP contribution in [0.2, 0.25) is 0 Å². The van der Waals surface area contributed by atoms with Crippen LogP contribution in [0.3, 0.4) is 0 Å². The number of carbonyl (C=O) groups excluding carboxylic acids is 1. The van der Waals surface area contributed by atoms with Crippen molar-refractivity contribution in [1.29, 1.82) is 0 Å². The van der Waals surface area contributed by atoms with Crippen LogP contribution in [-0.4, -0.2) is 54.1 Å². The fourth-order valence-electron chi connectivity index (χ4n) is 3.15. The molecule has 1 amide bonds. The Balaban J connectivity index is 1.64. The van der Waals surface area contributed by atoms with Gasteiger partial charge in [-0.3, -0.25) is 9.69 Å². The molecule has 27 heavy (non-hydrogen) atoms. The molecule has 1 fully saturated rings. The molecule has 0 unspecified atom stereocenters. The number of nitrogens with two attached hydrogens (primary N) is 1. The van der Waals surface area contributed by atoms with Gasteiger partial charge >= 0.3 is 0 Å². The van der Waals surface area contributed by atoms with E-state index in [4.69, 9.17) is 10.5 Å². The van der Waals surface area contributed by atoms with E-state index in [9.17, 15) is 4.79 Å². The third-order valence-corrected chi connectivity index (χ3v) is 4.93. The largest absolute Gasteiger partial charge is 0.492 e. The van der Waals surface area contributed by atoms with Crippen LogP contribution in [0.15, 0.2) is 30.5 Å². The lowest BCUT2D eigenvalue weighted by Crippen LogP contribution is -2.35. The van der Waals surface area contributed by atoms with Crippen LogP contribution in [0, 0.1) is 5.92 Å². The lowest BCUT2D eigenvalue weighted by molar-refractivity contribution is 0.0959. The molecule has 1 aliphatic heterocycles. The van der Waals surface area contributed by atoms with Crippen LogP contribution in [-0.2, 0) is 0 Å². The minimum atomic E-state index is -0.356. The highest BCUT2D eigenvalue weighted by molar-refractivity contribution is 5.96. The van der Waals surface area contributed by atoms with Gasteiger partial charge in [-0.15, -0.1) is 0 Å². The maximum Gasteiger partial charge on any atom is 0.273 e. The van der Waals surface area contributed by atoms with Crippen molar-refractivity contribution in [2.45, 2.75) is 19.8 Å². The number of hydrogen-bond acceptors (Lipinski definition) is 6. The normalized spacial score (nSPS) is 15.5. The van der Waals surface area contributed by atoms with Gasteiger partial charge < -0.3 is 15.8 Å². The van der Waals surface area contributed by atoms with Crippen molar-refractivity contribution in [3.05, 3.63) is 36.2 Å². The van der Waals surface area contributed by atoms with E-state index in [0.29, 0.717) is 12.3 Å². The average molecular weight is 369 g/mol. The summed E-state index contributed by atoms with van der Waals surface area (Å²) < 4.78 is 5.93. The van der Waals surface area contributed by atoms with Gasteiger partial charge in [0, 0.05) is 19.2 Å². The molecule has 0 bridgehead atoms. The molecule has 7 nitrogen and oxygen atoms in total. The van der Waals surface area contributed by atoms with Crippen molar-refractivity contribution >= 4 is 11.7 Å². The molecule has 3 N–H and O–H groups in total. The van der Waals surface area contributed by atoms with Gasteiger partial charge in [-0.25, -0.2) is 9.97 Å². The Kier molecular flexibility index (Phi) is 6.24. The first kappa shape index (κ1) is 19.1. The number of rotatable bonds is 6. The van der Waals surface area contributed by atoms with E-state index in [0.717, 1.165) is 36.9 Å². The summed E-state index contributed by atoms with van der Waals surface area (Å²) in [7, 11) is 1.54. The Morgan fingerprint density at radius 1 is 1.37 bits per heavy atom. The number of anilines is 1. The fourth-order valence-corrected chi connectivity index (χ4v) is 3.15. The smallest absolute Gasteiger partial charge is 0.273 e. The monoisotopic (exact) mass is 369 g/mol. The van der Waals surface area contributed by atoms with Crippen molar-refractivity contribution < 1.29 is 9.53 Å². The zero-order valence-electron chi connectivity index (χ0n) is 15.9. The molecule has 0 spiro atoms. The Morgan fingerprint density at radius 2 is 2.15 bits per heavy atom. The number of hydrogen-bond donors (Lipinski definition) is 2. The van der Waals surface area contributed by atoms with E-state index in [1.54, 1.807) is 6.20 Å². The van der Waals surface area contributed by atoms with Crippen molar-refractivity contribution in [3.8, 4) is 17.0 Å². The molecule has 2 heterocycles. The number of aromatic nitrogens is 2. The molecule has 1 aliphatic rings. The SMILES string of the molecule is CNC(=O)c1nc(-c2cccc(OCCN3CCC(C)CC3)c2)cnc1N. The lowest BCUT2D eigenvalue weighted by atomic mass is 9.99. The molecule has 1 aromatic carbocycles. The topological polar surface area (TPSA) is 93.4 Å². The molecule has 0 radical (unpaired) electrons. The number of nitrogens with zero attached hydrogens (tertiary/aromatic N) is 3. The second-order valence-corrected chi connectivity index (χ2v) is 6.97. The summed E-state index contributed by atoms with van der Waals surface area (Å²) in [5.74, 6) is 1.36. The van der Waals surface area contributed by atoms with E-state index in [1.807, 2.05) is 24.3 Å². The predicted molar refractivity (Wildman–Crippen MR) is 106 cm³/mol. The minimum Gasteiger partial charge on any atom is -0.492 e. The molecule has 0 atom stereocenters. The molecular weight excluding hydrogens is 342 g/mol. The summed E-state index contributed by atoms with van der Waals surface area (Å²) in [5.41, 5.74) is 7.29. The van der Waals surface area contributed by atoms with Crippen LogP contribution in [0.25, 0.3) is 11.3 Å². The first-order valence-corrected chi connectivity index (χ1v) is 9.37. The fraction of sp³-hybridized carbons (Fsp3) is 0.450. The van der Waals surface area contributed by atoms with E-state index < -0.39 is 0 Å². The second-order valence-electron chi connectivity index (χ2n) is 6.97. The van der Waals surface area contributed by atoms with Crippen LogP contribution in [0.1, 0.15) is 30.3 Å². The summed E-state index contributed by atoms with van der Waals surface area (Å²) in [4.78, 5) is 22.8. The molecule has 7 heteroatoms. The quantitative estimate of drug-likeness (QED) is 0.811. The zero-order chi connectivity index (χ0) is 19.2. The van der Waals surface area contributed by atoms with Crippen molar-refractivity contribution in [2.75, 3.05) is 39.0 Å². The molecule has 0 aliphatic carbocycles. The Bertz CT molecular complexity index is 788. The number of carbonyl (C=O) groups is 1. The maximum atomic E-state index is 11.9. The summed E-state index contributed by atoms with van der Waals surface area (Å²) in [5, 5.41) is 2.52. The first-order valence-electron chi connectivity index (χ1n) is 9.37. The van der Waals surface area contributed by atoms with E-state index in [-0.39, 0.29) is 17.4 Å². The number of piperidine rings is 1. The molecule has 0 saturated carbocycles. The number of nitrogens with one attached hydrogen (secondary N) is 1. The third kappa shape index (κ3) is 4.95. The van der Waals surface area contributed by atoms with Gasteiger partial charge in [0.15, 0.2) is 11.5 Å². The molecule has 144 valence electrons. The number of benzene rings is 1. The van der Waals surface area contributed by atoms with Crippen LogP contribution in [0.4, 0.5) is 5.82 Å². The van der Waals surface area contributed by atoms with Gasteiger partial charge in [-0.05, 0) is 44.0 Å². The first-order chi connectivity index (χ1) is 13.1. The Morgan fingerprint density at radius 3 is 2.89 bits per heavy atom. The lowest BCUT2D eigenvalue weighted by Gasteiger charge is -2.29. The number of likely N-dealkylation sites (tertiary alicyclic amines) is 1. The van der Waals surface area contributed by atoms with E-state index >= 15 is 0 Å². The van der Waals surface area contributed by atoms with Crippen LogP contribution in [0.5, 0.6) is 5.75 Å². The summed E-state index contributed by atoms with van der Waals surface area (Å²) >= 11 is 0. The Labute approximate surface area is 159 Å². The van der Waals surface area contributed by atoms with Crippen LogP contribution >= 0.6 is 0 Å². The van der Waals surface area contributed by atoms with Gasteiger partial charge in [-0.2, -0.15) is 0 Å². The number of nitrogen functional groups attached to an aromatic ring is 1. The zero-order valence-corrected chi connectivity index (χ0v) is 15.9. The standard InChI is InChI=1S/C20H27N5O2/c1-14-6-8-25(9-7-14)10-11-27-16-5-3-4-15(12-16)17-13-23-19(21)18(24-17)20(26)22-2/h3-5,12-14H,6-11H2,1-2H3,(H2,21,23)(H,22,26). The van der Waals surface area contributed by atoms with Gasteiger partial charge in [0.05, 0.1) is 11.9 Å². The highest BCUT2D eigenvalue weighted by Crippen LogP contribution is 2.23. The average Bonchev–Trinajstić information content (AvgIpc) is 2.69. The molecule has 3 rings (SSSR count). The maximum absolute atomic E-state index is 11.9. The third-order valence-electron chi connectivity index (χ3n) is 4.93. The summed E-state index contributed by atoms with van der Waals surface area (Å²) in [6.07, 6.45) is 4.09. The highest BCUT2D eigenvalue weighted by Gasteiger charge is 2.16. The van der Waals surface area contributed by atoms with Crippen molar-refractivity contribution in [1.82, 2.24) is 20.2 Å². The Hall–Kier alpha value is -2.67. The van der Waals surface area contributed by atoms with E-state index in [1.165, 1.54) is 19.9 Å². The molecule has 2 aromatic rings. The minimum absolute atomic E-state index is 0.112. The van der Waals surface area contributed by atoms with Crippen molar-refractivity contribution in [2.24, 2.45) is 5.92 Å². The molecular formula is C20H27N5O2. The van der Waals surface area contributed by atoms with E-state index in [2.05, 4.69) is 27.1 Å². The summed E-state index contributed by atoms with van der Waals surface area (Å²) in [6.45, 7) is 6.19. The van der Waals surface area contributed by atoms with Gasteiger partial charge in [0.25, 0.3) is 5.91 Å². The molecule has 1 aromatic heterocycles. The molecule has 1 saturated heterocycles. The highest BCUT2D eigenvalue weighted by atomic mass is 16.5.